The van der Waals surface area contributed by atoms with Crippen LogP contribution in [0.4, 0.5) is 29.7 Å². The second kappa shape index (κ2) is 8.63. The van der Waals surface area contributed by atoms with Gasteiger partial charge in [0.2, 0.25) is 16.9 Å². The largest absolute Gasteiger partial charge is 0.416 e. The van der Waals surface area contributed by atoms with Crippen LogP contribution in [0.2, 0.25) is 0 Å². The number of ether oxygens (including phenoxy) is 1. The second-order valence-corrected chi connectivity index (χ2v) is 9.46. The number of aromatic nitrogens is 2. The van der Waals surface area contributed by atoms with E-state index in [1.807, 2.05) is 0 Å². The third-order valence-electron chi connectivity index (χ3n) is 4.76. The second-order valence-electron chi connectivity index (χ2n) is 6.91. The summed E-state index contributed by atoms with van der Waals surface area (Å²) < 4.78 is 44.9. The minimum atomic E-state index is -4.55. The molecule has 13 heteroatoms. The van der Waals surface area contributed by atoms with Crippen LogP contribution in [0.25, 0.3) is 0 Å². The number of nitrogens with one attached hydrogen (secondary N) is 1. The molecule has 2 aliphatic heterocycles. The van der Waals surface area contributed by atoms with Crippen molar-refractivity contribution < 1.29 is 27.5 Å². The van der Waals surface area contributed by atoms with Crippen LogP contribution in [0.1, 0.15) is 12.5 Å². The maximum atomic E-state index is 13.0. The van der Waals surface area contributed by atoms with E-state index in [0.29, 0.717) is 30.6 Å². The molecule has 1 unspecified atom stereocenters. The molecule has 1 fully saturated rings. The molecule has 0 aliphatic carbocycles. The van der Waals surface area contributed by atoms with Crippen LogP contribution in [0.3, 0.4) is 0 Å². The molecule has 1 saturated heterocycles. The fraction of sp³-hybridized carbons (Fsp3) is 0.444. The minimum Gasteiger partial charge on any atom is -0.378 e. The van der Waals surface area contributed by atoms with Gasteiger partial charge >= 0.3 is 6.18 Å². The zero-order valence-corrected chi connectivity index (χ0v) is 17.9. The van der Waals surface area contributed by atoms with Gasteiger partial charge in [-0.2, -0.15) is 13.2 Å². The van der Waals surface area contributed by atoms with E-state index in [1.54, 1.807) is 6.92 Å². The number of alkyl halides is 3. The Bertz CT molecular complexity index is 994. The van der Waals surface area contributed by atoms with Crippen molar-refractivity contribution in [2.75, 3.05) is 48.0 Å². The lowest BCUT2D eigenvalue weighted by molar-refractivity contribution is -0.137. The van der Waals surface area contributed by atoms with Crippen molar-refractivity contribution in [3.8, 4) is 0 Å². The summed E-state index contributed by atoms with van der Waals surface area (Å²) in [7, 11) is 0. The minimum absolute atomic E-state index is 0.0397. The Morgan fingerprint density at radius 2 is 2.03 bits per heavy atom. The number of anilines is 3. The monoisotopic (exact) mass is 473 g/mol. The van der Waals surface area contributed by atoms with Crippen molar-refractivity contribution in [2.24, 2.45) is 0 Å². The van der Waals surface area contributed by atoms with Gasteiger partial charge in [-0.15, -0.1) is 10.2 Å². The highest BCUT2D eigenvalue weighted by molar-refractivity contribution is 8.02. The summed E-state index contributed by atoms with van der Waals surface area (Å²) in [6.45, 7) is 4.06. The zero-order chi connectivity index (χ0) is 22.2. The lowest BCUT2D eigenvalue weighted by Crippen LogP contribution is -2.45. The summed E-state index contributed by atoms with van der Waals surface area (Å²) in [5.74, 6) is -0.952. The lowest BCUT2D eigenvalue weighted by atomic mass is 10.1. The molecule has 2 aromatic rings. The molecule has 0 bridgehead atoms. The van der Waals surface area contributed by atoms with E-state index in [4.69, 9.17) is 4.74 Å². The van der Waals surface area contributed by atoms with Crippen LogP contribution < -0.4 is 15.1 Å². The number of hydrogen-bond acceptors (Lipinski definition) is 8. The molecular formula is C18H18F3N5O3S2. The molecule has 3 heterocycles. The average molecular weight is 474 g/mol. The van der Waals surface area contributed by atoms with Crippen LogP contribution in [0.15, 0.2) is 22.5 Å². The Morgan fingerprint density at radius 3 is 2.74 bits per heavy atom. The van der Waals surface area contributed by atoms with E-state index in [1.165, 1.54) is 34.1 Å². The Kier molecular flexibility index (Phi) is 6.08. The van der Waals surface area contributed by atoms with Crippen molar-refractivity contribution in [1.29, 1.82) is 0 Å². The van der Waals surface area contributed by atoms with E-state index in [0.717, 1.165) is 17.3 Å². The Hall–Kier alpha value is -2.38. The first-order valence-electron chi connectivity index (χ1n) is 9.37. The maximum Gasteiger partial charge on any atom is 0.416 e. The van der Waals surface area contributed by atoms with Gasteiger partial charge in [0.05, 0.1) is 35.4 Å². The van der Waals surface area contributed by atoms with Crippen LogP contribution in [0.5, 0.6) is 0 Å². The van der Waals surface area contributed by atoms with Gasteiger partial charge in [-0.05, 0) is 25.1 Å². The first-order valence-corrected chi connectivity index (χ1v) is 11.1. The summed E-state index contributed by atoms with van der Waals surface area (Å²) >= 11 is 2.56. The number of amides is 2. The quantitative estimate of drug-likeness (QED) is 0.684. The highest BCUT2D eigenvalue weighted by Gasteiger charge is 2.35. The number of nitrogens with zero attached hydrogens (tertiary/aromatic N) is 4. The van der Waals surface area contributed by atoms with Crippen LogP contribution >= 0.6 is 23.1 Å². The molecule has 0 saturated carbocycles. The summed E-state index contributed by atoms with van der Waals surface area (Å²) in [5, 5.41) is 10.8. The van der Waals surface area contributed by atoms with Gasteiger partial charge in [0.15, 0.2) is 4.34 Å². The number of halogens is 3. The third kappa shape index (κ3) is 4.77. The summed E-state index contributed by atoms with van der Waals surface area (Å²) in [4.78, 5) is 28.3. The number of hydrogen-bond donors (Lipinski definition) is 1. The molecule has 2 aliphatic rings. The highest BCUT2D eigenvalue weighted by atomic mass is 32.2. The number of thioether (sulfide) groups is 1. The topological polar surface area (TPSA) is 87.7 Å². The number of rotatable bonds is 4. The van der Waals surface area contributed by atoms with Gasteiger partial charge in [0.25, 0.3) is 0 Å². The standard InChI is InChI=1S/C18H18F3N5O3S2/c1-10(30-17-24-23-16(31-17)25-4-6-29-7-5-25)15(28)26-9-14(27)22-12-8-11(18(19,20)21)2-3-13(12)26/h2-3,8,10H,4-7,9H2,1H3,(H,22,27). The van der Waals surface area contributed by atoms with Crippen molar-refractivity contribution in [3.05, 3.63) is 23.8 Å². The lowest BCUT2D eigenvalue weighted by Gasteiger charge is -2.31. The van der Waals surface area contributed by atoms with Crippen molar-refractivity contribution >= 4 is 51.4 Å². The number of benzene rings is 1. The fourth-order valence-electron chi connectivity index (χ4n) is 3.22. The predicted octanol–water partition coefficient (Wildman–Crippen LogP) is 2.86. The Balaban J connectivity index is 1.49. The van der Waals surface area contributed by atoms with Crippen molar-refractivity contribution in [2.45, 2.75) is 22.7 Å². The molecule has 0 spiro atoms. The number of fused-ring (bicyclic) bond motifs is 1. The van der Waals surface area contributed by atoms with Crippen LogP contribution in [-0.4, -0.2) is 60.1 Å². The smallest absolute Gasteiger partial charge is 0.378 e. The first kappa shape index (κ1) is 21.8. The molecular weight excluding hydrogens is 455 g/mol. The molecule has 8 nitrogen and oxygen atoms in total. The molecule has 4 rings (SSSR count). The molecule has 1 aromatic heterocycles. The van der Waals surface area contributed by atoms with E-state index < -0.39 is 28.8 Å². The molecule has 0 radical (unpaired) electrons. The number of carbonyl (C=O) groups excluding carboxylic acids is 2. The van der Waals surface area contributed by atoms with Gasteiger partial charge in [-0.3, -0.25) is 14.5 Å². The van der Waals surface area contributed by atoms with E-state index in [2.05, 4.69) is 20.4 Å². The van der Waals surface area contributed by atoms with Gasteiger partial charge in [0.1, 0.15) is 6.54 Å². The van der Waals surface area contributed by atoms with Gasteiger partial charge in [0, 0.05) is 13.1 Å². The molecule has 166 valence electrons. The van der Waals surface area contributed by atoms with Crippen molar-refractivity contribution in [3.63, 3.8) is 0 Å². The summed E-state index contributed by atoms with van der Waals surface area (Å²) in [6.07, 6.45) is -4.55. The average Bonchev–Trinajstić information content (AvgIpc) is 3.20. The third-order valence-corrected chi connectivity index (χ3v) is 6.92. The van der Waals surface area contributed by atoms with Gasteiger partial charge < -0.3 is 15.0 Å². The van der Waals surface area contributed by atoms with E-state index >= 15 is 0 Å². The van der Waals surface area contributed by atoms with E-state index in [9.17, 15) is 22.8 Å². The SMILES string of the molecule is CC(Sc1nnc(N2CCOCC2)s1)C(=O)N1CC(=O)Nc2cc(C(F)(F)F)ccc21. The fourth-order valence-corrected chi connectivity index (χ4v) is 5.32. The van der Waals surface area contributed by atoms with Crippen molar-refractivity contribution in [1.82, 2.24) is 10.2 Å². The zero-order valence-electron chi connectivity index (χ0n) is 16.3. The molecule has 31 heavy (non-hydrogen) atoms. The molecule has 1 N–H and O–H groups in total. The molecule has 1 atom stereocenters. The normalized spacial score (nSPS) is 17.9. The summed E-state index contributed by atoms with van der Waals surface area (Å²) in [5.41, 5.74) is -0.703. The van der Waals surface area contributed by atoms with Crippen LogP contribution in [-0.2, 0) is 20.5 Å². The Labute approximate surface area is 183 Å². The molecule has 1 aromatic carbocycles. The van der Waals surface area contributed by atoms with E-state index in [-0.39, 0.29) is 17.9 Å². The first-order chi connectivity index (χ1) is 14.7. The van der Waals surface area contributed by atoms with Gasteiger partial charge in [-0.25, -0.2) is 0 Å². The summed E-state index contributed by atoms with van der Waals surface area (Å²) in [6, 6.07) is 2.94. The highest BCUT2D eigenvalue weighted by Crippen LogP contribution is 2.38. The van der Waals surface area contributed by atoms with Gasteiger partial charge in [-0.1, -0.05) is 23.1 Å². The van der Waals surface area contributed by atoms with Crippen LogP contribution in [0, 0.1) is 0 Å². The predicted molar refractivity (Wildman–Crippen MR) is 111 cm³/mol. The number of morpholine rings is 1. The number of carbonyl (C=O) groups is 2. The molecule has 2 amide bonds. The maximum absolute atomic E-state index is 13.0. The Morgan fingerprint density at radius 1 is 1.29 bits per heavy atom.